The number of aliphatic hydroxyl groups is 1. The Labute approximate surface area is 98.1 Å². The van der Waals surface area contributed by atoms with Crippen molar-refractivity contribution in [2.45, 2.75) is 31.2 Å². The molecule has 0 spiro atoms. The predicted molar refractivity (Wildman–Crippen MR) is 56.1 cm³/mol. The molecule has 0 aromatic carbocycles. The van der Waals surface area contributed by atoms with E-state index in [2.05, 4.69) is 0 Å². The molecule has 0 aliphatic carbocycles. The van der Waals surface area contributed by atoms with Crippen LogP contribution in [0.5, 0.6) is 0 Å². The van der Waals surface area contributed by atoms with Crippen molar-refractivity contribution in [2.75, 3.05) is 13.7 Å². The molecule has 0 radical (unpaired) electrons. The molecule has 4 atom stereocenters. The molecule has 0 aromatic heterocycles. The van der Waals surface area contributed by atoms with Crippen LogP contribution in [0.4, 0.5) is 13.2 Å². The fourth-order valence-corrected chi connectivity index (χ4v) is 2.52. The number of ether oxygens (including phenoxy) is 1. The highest BCUT2D eigenvalue weighted by Gasteiger charge is 2.53. The summed E-state index contributed by atoms with van der Waals surface area (Å²) in [5.74, 6) is -2.97. The number of carbonyl (C=O) groups excluding carboxylic acids is 1. The maximum Gasteiger partial charge on any atom is 0.471 e. The molecule has 1 aliphatic rings. The monoisotopic (exact) mass is 253 g/mol. The summed E-state index contributed by atoms with van der Waals surface area (Å²) in [4.78, 5) is 12.0. The van der Waals surface area contributed by atoms with Crippen molar-refractivity contribution in [1.82, 2.24) is 4.90 Å². The van der Waals surface area contributed by atoms with Gasteiger partial charge in [0.2, 0.25) is 0 Å². The molecule has 1 amide bonds. The molecular weight excluding hydrogens is 238 g/mol. The average molecular weight is 253 g/mol. The van der Waals surface area contributed by atoms with Gasteiger partial charge < -0.3 is 14.7 Å². The van der Waals surface area contributed by atoms with Gasteiger partial charge >= 0.3 is 12.1 Å². The van der Waals surface area contributed by atoms with Crippen molar-refractivity contribution in [3.8, 4) is 0 Å². The standard InChI is InChI=1S/C9H15BF3NO3/c1-4-5(3-15)14(7(10)6(4)17-2)8(16)9(11,12)13/h4-7,15H,3,10H2,1-2H3/t4-,5-,6-,7-/m1/s1. The van der Waals surface area contributed by atoms with Crippen LogP contribution in [0.3, 0.4) is 0 Å². The van der Waals surface area contributed by atoms with Crippen molar-refractivity contribution in [2.24, 2.45) is 5.92 Å². The average Bonchev–Trinajstić information content (AvgIpc) is 2.47. The lowest BCUT2D eigenvalue weighted by Gasteiger charge is -2.29. The van der Waals surface area contributed by atoms with E-state index in [1.807, 2.05) is 0 Å². The Kier molecular flexibility index (Phi) is 4.08. The van der Waals surface area contributed by atoms with Gasteiger partial charge in [-0.15, -0.1) is 0 Å². The van der Waals surface area contributed by atoms with Crippen LogP contribution in [-0.2, 0) is 9.53 Å². The first-order chi connectivity index (χ1) is 7.75. The molecule has 17 heavy (non-hydrogen) atoms. The van der Waals surface area contributed by atoms with Crippen molar-refractivity contribution in [1.29, 1.82) is 0 Å². The fourth-order valence-electron chi connectivity index (χ4n) is 2.52. The second-order valence-electron chi connectivity index (χ2n) is 4.26. The van der Waals surface area contributed by atoms with Gasteiger partial charge in [0.25, 0.3) is 0 Å². The Balaban J connectivity index is 3.01. The van der Waals surface area contributed by atoms with Crippen LogP contribution in [0.25, 0.3) is 0 Å². The molecule has 0 unspecified atom stereocenters. The van der Waals surface area contributed by atoms with Crippen molar-refractivity contribution < 1.29 is 27.8 Å². The molecule has 98 valence electrons. The van der Waals surface area contributed by atoms with E-state index in [0.29, 0.717) is 4.90 Å². The Bertz CT molecular complexity index is 300. The quantitative estimate of drug-likeness (QED) is 0.666. The van der Waals surface area contributed by atoms with Gasteiger partial charge in [-0.3, -0.25) is 4.79 Å². The fraction of sp³-hybridized carbons (Fsp3) is 0.889. The molecule has 0 aromatic rings. The van der Waals surface area contributed by atoms with E-state index in [4.69, 9.17) is 9.84 Å². The van der Waals surface area contributed by atoms with E-state index >= 15 is 0 Å². The molecule has 4 nitrogen and oxygen atoms in total. The second-order valence-corrected chi connectivity index (χ2v) is 4.26. The van der Waals surface area contributed by atoms with Crippen LogP contribution in [0.2, 0.25) is 0 Å². The van der Waals surface area contributed by atoms with Gasteiger partial charge in [-0.1, -0.05) is 6.92 Å². The maximum atomic E-state index is 12.4. The minimum Gasteiger partial charge on any atom is -0.394 e. The van der Waals surface area contributed by atoms with E-state index in [-0.39, 0.29) is 5.92 Å². The number of rotatable bonds is 2. The van der Waals surface area contributed by atoms with Crippen LogP contribution in [0, 0.1) is 5.92 Å². The highest BCUT2D eigenvalue weighted by molar-refractivity contribution is 6.14. The van der Waals surface area contributed by atoms with E-state index in [9.17, 15) is 18.0 Å². The zero-order valence-corrected chi connectivity index (χ0v) is 9.86. The lowest BCUT2D eigenvalue weighted by atomic mass is 9.87. The Morgan fingerprint density at radius 1 is 1.53 bits per heavy atom. The number of carbonyl (C=O) groups is 1. The van der Waals surface area contributed by atoms with Gasteiger partial charge in [-0.25, -0.2) is 0 Å². The third kappa shape index (κ3) is 2.42. The van der Waals surface area contributed by atoms with Gasteiger partial charge in [0, 0.05) is 19.0 Å². The highest BCUT2D eigenvalue weighted by atomic mass is 19.4. The lowest BCUT2D eigenvalue weighted by Crippen LogP contribution is -2.50. The van der Waals surface area contributed by atoms with Crippen LogP contribution < -0.4 is 0 Å². The number of likely N-dealkylation sites (tertiary alicyclic amines) is 1. The number of hydrogen-bond donors (Lipinski definition) is 1. The van der Waals surface area contributed by atoms with Crippen LogP contribution in [-0.4, -0.2) is 61.7 Å². The summed E-state index contributed by atoms with van der Waals surface area (Å²) in [5.41, 5.74) is 0. The zero-order chi connectivity index (χ0) is 13.4. The molecule has 1 aliphatic heterocycles. The summed E-state index contributed by atoms with van der Waals surface area (Å²) >= 11 is 0. The number of methoxy groups -OCH3 is 1. The molecule has 1 rings (SSSR count). The summed E-state index contributed by atoms with van der Waals surface area (Å²) in [5, 5.41) is 9.14. The van der Waals surface area contributed by atoms with Gasteiger partial charge in [0.05, 0.1) is 18.8 Å². The molecular formula is C9H15BF3NO3. The van der Waals surface area contributed by atoms with Gasteiger partial charge in [-0.2, -0.15) is 13.2 Å². The molecule has 0 bridgehead atoms. The first kappa shape index (κ1) is 14.3. The number of hydrogen-bond acceptors (Lipinski definition) is 3. The Hall–Kier alpha value is -0.755. The molecule has 1 N–H and O–H groups in total. The summed E-state index contributed by atoms with van der Waals surface area (Å²) in [7, 11) is 2.87. The number of halogens is 3. The first-order valence-corrected chi connectivity index (χ1v) is 5.28. The van der Waals surface area contributed by atoms with Crippen molar-refractivity contribution in [3.05, 3.63) is 0 Å². The van der Waals surface area contributed by atoms with Crippen LogP contribution in [0.1, 0.15) is 6.92 Å². The van der Waals surface area contributed by atoms with Crippen molar-refractivity contribution >= 4 is 13.8 Å². The van der Waals surface area contributed by atoms with Gasteiger partial charge in [-0.05, 0) is 0 Å². The maximum absolute atomic E-state index is 12.4. The summed E-state index contributed by atoms with van der Waals surface area (Å²) in [6.45, 7) is 1.16. The number of aliphatic hydroxyl groups excluding tert-OH is 1. The molecule has 8 heteroatoms. The SMILES string of the molecule is B[C@H]1[C@H](OC)[C@H](C)[C@@H](CO)N1C(=O)C(F)(F)F. The molecule has 1 fully saturated rings. The van der Waals surface area contributed by atoms with E-state index in [0.717, 1.165) is 0 Å². The third-order valence-electron chi connectivity index (χ3n) is 3.33. The Morgan fingerprint density at radius 2 is 2.06 bits per heavy atom. The molecule has 1 heterocycles. The normalized spacial score (nSPS) is 34.1. The van der Waals surface area contributed by atoms with Gasteiger partial charge in [0.15, 0.2) is 0 Å². The van der Waals surface area contributed by atoms with Crippen LogP contribution >= 0.6 is 0 Å². The highest BCUT2D eigenvalue weighted by Crippen LogP contribution is 2.33. The first-order valence-electron chi connectivity index (χ1n) is 5.28. The van der Waals surface area contributed by atoms with E-state index in [1.54, 1.807) is 6.92 Å². The minimum absolute atomic E-state index is 0.341. The predicted octanol–water partition coefficient (Wildman–Crippen LogP) is -0.638. The molecule has 0 saturated carbocycles. The second kappa shape index (κ2) is 4.85. The van der Waals surface area contributed by atoms with Crippen molar-refractivity contribution in [3.63, 3.8) is 0 Å². The zero-order valence-electron chi connectivity index (χ0n) is 9.86. The minimum atomic E-state index is -4.93. The van der Waals surface area contributed by atoms with E-state index < -0.39 is 36.8 Å². The number of nitrogens with zero attached hydrogens (tertiary/aromatic N) is 1. The van der Waals surface area contributed by atoms with E-state index in [1.165, 1.54) is 15.0 Å². The third-order valence-corrected chi connectivity index (χ3v) is 3.33. The topological polar surface area (TPSA) is 49.8 Å². The lowest BCUT2D eigenvalue weighted by molar-refractivity contribution is -0.188. The summed E-state index contributed by atoms with van der Waals surface area (Å²) in [6, 6.07) is -0.857. The number of amides is 1. The Morgan fingerprint density at radius 3 is 2.41 bits per heavy atom. The largest absolute Gasteiger partial charge is 0.471 e. The summed E-state index contributed by atoms with van der Waals surface area (Å²) < 4.78 is 42.4. The smallest absolute Gasteiger partial charge is 0.394 e. The summed E-state index contributed by atoms with van der Waals surface area (Å²) in [6.07, 6.45) is -5.43. The number of alkyl halides is 3. The molecule has 1 saturated heterocycles. The van der Waals surface area contributed by atoms with Crippen LogP contribution in [0.15, 0.2) is 0 Å². The van der Waals surface area contributed by atoms with Gasteiger partial charge in [0.1, 0.15) is 7.85 Å².